The third-order valence-corrected chi connectivity index (χ3v) is 3.59. The number of benzene rings is 1. The van der Waals surface area contributed by atoms with E-state index in [1.807, 2.05) is 36.5 Å². The summed E-state index contributed by atoms with van der Waals surface area (Å²) in [5.74, 6) is 0.641. The van der Waals surface area contributed by atoms with E-state index < -0.39 is 0 Å². The van der Waals surface area contributed by atoms with E-state index in [2.05, 4.69) is 22.7 Å². The van der Waals surface area contributed by atoms with Crippen LogP contribution in [0, 0.1) is 5.92 Å². The number of hydrogen-bond acceptors (Lipinski definition) is 2. The fourth-order valence-electron chi connectivity index (χ4n) is 2.27. The SMILES string of the molecule is CC(NC(=O)Nc1ccccc1-n1cccn1)C1CC1. The van der Waals surface area contributed by atoms with Crippen LogP contribution in [0.1, 0.15) is 19.8 Å². The van der Waals surface area contributed by atoms with Gasteiger partial charge in [-0.05, 0) is 43.9 Å². The van der Waals surface area contributed by atoms with E-state index in [-0.39, 0.29) is 12.1 Å². The molecule has 1 unspecified atom stereocenters. The molecule has 1 saturated carbocycles. The monoisotopic (exact) mass is 270 g/mol. The second kappa shape index (κ2) is 5.36. The lowest BCUT2D eigenvalue weighted by atomic mass is 10.2. The number of rotatable bonds is 4. The Morgan fingerprint density at radius 2 is 2.15 bits per heavy atom. The van der Waals surface area contributed by atoms with Crippen LogP contribution in [-0.2, 0) is 0 Å². The van der Waals surface area contributed by atoms with E-state index in [0.29, 0.717) is 5.92 Å². The van der Waals surface area contributed by atoms with Gasteiger partial charge in [-0.25, -0.2) is 9.48 Å². The Kier molecular flexibility index (Phi) is 3.41. The van der Waals surface area contributed by atoms with E-state index >= 15 is 0 Å². The Hall–Kier alpha value is -2.30. The molecular formula is C15H18N4O. The van der Waals surface area contributed by atoms with Crippen molar-refractivity contribution in [1.82, 2.24) is 15.1 Å². The highest BCUT2D eigenvalue weighted by molar-refractivity contribution is 5.91. The summed E-state index contributed by atoms with van der Waals surface area (Å²) >= 11 is 0. The third kappa shape index (κ3) is 2.82. The molecule has 1 fully saturated rings. The van der Waals surface area contributed by atoms with E-state index in [9.17, 15) is 4.79 Å². The zero-order valence-electron chi connectivity index (χ0n) is 11.4. The molecule has 0 radical (unpaired) electrons. The second-order valence-electron chi connectivity index (χ2n) is 5.19. The van der Waals surface area contributed by atoms with Crippen LogP contribution in [0.15, 0.2) is 42.7 Å². The average molecular weight is 270 g/mol. The van der Waals surface area contributed by atoms with E-state index in [0.717, 1.165) is 11.4 Å². The maximum Gasteiger partial charge on any atom is 0.319 e. The first-order valence-corrected chi connectivity index (χ1v) is 6.90. The Bertz CT molecular complexity index is 590. The highest BCUT2D eigenvalue weighted by Gasteiger charge is 2.28. The summed E-state index contributed by atoms with van der Waals surface area (Å²) < 4.78 is 1.74. The molecule has 1 aromatic carbocycles. The average Bonchev–Trinajstić information content (AvgIpc) is 3.15. The smallest absolute Gasteiger partial charge is 0.319 e. The van der Waals surface area contributed by atoms with Crippen LogP contribution in [0.25, 0.3) is 5.69 Å². The Balaban J connectivity index is 1.72. The van der Waals surface area contributed by atoms with Gasteiger partial charge in [0.05, 0.1) is 11.4 Å². The molecule has 104 valence electrons. The molecule has 1 aliphatic carbocycles. The molecule has 2 aromatic rings. The van der Waals surface area contributed by atoms with E-state index in [4.69, 9.17) is 0 Å². The van der Waals surface area contributed by atoms with Gasteiger partial charge in [0.15, 0.2) is 0 Å². The number of hydrogen-bond donors (Lipinski definition) is 2. The summed E-state index contributed by atoms with van der Waals surface area (Å²) in [6.45, 7) is 2.05. The van der Waals surface area contributed by atoms with Crippen molar-refractivity contribution < 1.29 is 4.79 Å². The molecule has 3 rings (SSSR count). The molecular weight excluding hydrogens is 252 g/mol. The van der Waals surface area contributed by atoms with Crippen molar-refractivity contribution in [2.75, 3.05) is 5.32 Å². The number of amides is 2. The number of carbonyl (C=O) groups excluding carboxylic acids is 1. The van der Waals surface area contributed by atoms with Crippen molar-refractivity contribution in [3.63, 3.8) is 0 Å². The Labute approximate surface area is 118 Å². The molecule has 5 nitrogen and oxygen atoms in total. The lowest BCUT2D eigenvalue weighted by Crippen LogP contribution is -2.37. The lowest BCUT2D eigenvalue weighted by Gasteiger charge is -2.15. The first-order chi connectivity index (χ1) is 9.74. The summed E-state index contributed by atoms with van der Waals surface area (Å²) in [5.41, 5.74) is 1.60. The highest BCUT2D eigenvalue weighted by atomic mass is 16.2. The van der Waals surface area contributed by atoms with E-state index in [1.165, 1.54) is 12.8 Å². The number of nitrogens with zero attached hydrogens (tertiary/aromatic N) is 2. The fraction of sp³-hybridized carbons (Fsp3) is 0.333. The predicted octanol–water partition coefficient (Wildman–Crippen LogP) is 2.79. The topological polar surface area (TPSA) is 59.0 Å². The summed E-state index contributed by atoms with van der Waals surface area (Å²) in [5, 5.41) is 10.1. The van der Waals surface area contributed by atoms with Gasteiger partial charge >= 0.3 is 6.03 Å². The molecule has 20 heavy (non-hydrogen) atoms. The Morgan fingerprint density at radius 3 is 2.85 bits per heavy atom. The Morgan fingerprint density at radius 1 is 1.35 bits per heavy atom. The van der Waals surface area contributed by atoms with Crippen LogP contribution in [0.4, 0.5) is 10.5 Å². The van der Waals surface area contributed by atoms with Crippen LogP contribution in [-0.4, -0.2) is 21.9 Å². The summed E-state index contributed by atoms with van der Waals surface area (Å²) in [7, 11) is 0. The molecule has 5 heteroatoms. The maximum atomic E-state index is 12.0. The highest BCUT2D eigenvalue weighted by Crippen LogP contribution is 2.32. The largest absolute Gasteiger partial charge is 0.335 e. The third-order valence-electron chi connectivity index (χ3n) is 3.59. The molecule has 1 aromatic heterocycles. The van der Waals surface area contributed by atoms with Crippen LogP contribution in [0.5, 0.6) is 0 Å². The number of nitrogens with one attached hydrogen (secondary N) is 2. The normalized spacial score (nSPS) is 15.7. The van der Waals surface area contributed by atoms with Crippen molar-refractivity contribution in [1.29, 1.82) is 0 Å². The zero-order valence-corrected chi connectivity index (χ0v) is 11.4. The number of carbonyl (C=O) groups is 1. The molecule has 0 bridgehead atoms. The van der Waals surface area contributed by atoms with Gasteiger partial charge in [-0.15, -0.1) is 0 Å². The minimum absolute atomic E-state index is 0.163. The first kappa shape index (κ1) is 12.7. The van der Waals surface area contributed by atoms with Crippen molar-refractivity contribution in [2.45, 2.75) is 25.8 Å². The fourth-order valence-corrected chi connectivity index (χ4v) is 2.27. The number of urea groups is 1. The minimum atomic E-state index is -0.163. The molecule has 2 amide bonds. The molecule has 2 N–H and O–H groups in total. The van der Waals surface area contributed by atoms with Crippen molar-refractivity contribution >= 4 is 11.7 Å². The number of aromatic nitrogens is 2. The molecule has 0 spiro atoms. The van der Waals surface area contributed by atoms with Gasteiger partial charge in [-0.2, -0.15) is 5.10 Å². The summed E-state index contributed by atoms with van der Waals surface area (Å²) in [6.07, 6.45) is 5.99. The van der Waals surface area contributed by atoms with Gasteiger partial charge < -0.3 is 10.6 Å². The minimum Gasteiger partial charge on any atom is -0.335 e. The van der Waals surface area contributed by atoms with Crippen LogP contribution < -0.4 is 10.6 Å². The van der Waals surface area contributed by atoms with Gasteiger partial charge in [-0.3, -0.25) is 0 Å². The molecule has 1 heterocycles. The quantitative estimate of drug-likeness (QED) is 0.897. The predicted molar refractivity (Wildman–Crippen MR) is 77.9 cm³/mol. The van der Waals surface area contributed by atoms with E-state index in [1.54, 1.807) is 10.9 Å². The number of anilines is 1. The van der Waals surface area contributed by atoms with Crippen LogP contribution >= 0.6 is 0 Å². The van der Waals surface area contributed by atoms with Crippen molar-refractivity contribution in [2.24, 2.45) is 5.92 Å². The summed E-state index contributed by atoms with van der Waals surface area (Å²) in [4.78, 5) is 12.0. The first-order valence-electron chi connectivity index (χ1n) is 6.90. The van der Waals surface area contributed by atoms with Gasteiger partial charge in [0.1, 0.15) is 0 Å². The van der Waals surface area contributed by atoms with Gasteiger partial charge in [0, 0.05) is 18.4 Å². The second-order valence-corrected chi connectivity index (χ2v) is 5.19. The van der Waals surface area contributed by atoms with Crippen molar-refractivity contribution in [3.8, 4) is 5.69 Å². The molecule has 1 atom stereocenters. The van der Waals surface area contributed by atoms with Crippen LogP contribution in [0.2, 0.25) is 0 Å². The lowest BCUT2D eigenvalue weighted by molar-refractivity contribution is 0.248. The molecule has 1 aliphatic rings. The molecule has 0 saturated heterocycles. The zero-order chi connectivity index (χ0) is 13.9. The van der Waals surface area contributed by atoms with Gasteiger partial charge in [0.2, 0.25) is 0 Å². The van der Waals surface area contributed by atoms with Gasteiger partial charge in [0.25, 0.3) is 0 Å². The van der Waals surface area contributed by atoms with Crippen LogP contribution in [0.3, 0.4) is 0 Å². The van der Waals surface area contributed by atoms with Gasteiger partial charge in [-0.1, -0.05) is 12.1 Å². The standard InChI is InChI=1S/C15H18N4O/c1-11(12-7-8-12)17-15(20)18-13-5-2-3-6-14(13)19-10-4-9-16-19/h2-6,9-12H,7-8H2,1H3,(H2,17,18,20). The number of para-hydroxylation sites is 2. The maximum absolute atomic E-state index is 12.0. The van der Waals surface area contributed by atoms with Crippen molar-refractivity contribution in [3.05, 3.63) is 42.7 Å². The molecule has 0 aliphatic heterocycles. The summed E-state index contributed by atoms with van der Waals surface area (Å²) in [6, 6.07) is 9.54.